The highest BCUT2D eigenvalue weighted by molar-refractivity contribution is 5.37. The Morgan fingerprint density at radius 3 is 2.48 bits per heavy atom. The first-order chi connectivity index (χ1) is 10.3. The molecule has 0 spiro atoms. The summed E-state index contributed by atoms with van der Waals surface area (Å²) in [6, 6.07) is 2.21. The molecule has 1 aromatic rings. The van der Waals surface area contributed by atoms with Crippen LogP contribution in [0, 0.1) is 0 Å². The topological polar surface area (TPSA) is 59.5 Å². The summed E-state index contributed by atoms with van der Waals surface area (Å²) >= 11 is 0. The van der Waals surface area contributed by atoms with Gasteiger partial charge in [0.2, 0.25) is 17.7 Å². The first kappa shape index (κ1) is 15.8. The van der Waals surface area contributed by atoms with Crippen molar-refractivity contribution in [3.05, 3.63) is 6.07 Å². The van der Waals surface area contributed by atoms with Crippen molar-refractivity contribution in [3.63, 3.8) is 0 Å². The Kier molecular flexibility index (Phi) is 6.04. The molecule has 6 heteroatoms. The van der Waals surface area contributed by atoms with Gasteiger partial charge in [-0.25, -0.2) is 0 Å². The maximum atomic E-state index is 5.24. The Balaban J connectivity index is 2.15. The van der Waals surface area contributed by atoms with Crippen LogP contribution in [0.15, 0.2) is 6.07 Å². The van der Waals surface area contributed by atoms with Gasteiger partial charge >= 0.3 is 0 Å². The third kappa shape index (κ3) is 4.46. The van der Waals surface area contributed by atoms with Crippen molar-refractivity contribution in [2.45, 2.75) is 38.6 Å². The lowest BCUT2D eigenvalue weighted by molar-refractivity contribution is 0.368. The lowest BCUT2D eigenvalue weighted by atomic mass is 10.0. The molecule has 0 amide bonds. The molecule has 21 heavy (non-hydrogen) atoms. The number of hydrogen-bond acceptors (Lipinski definition) is 6. The van der Waals surface area contributed by atoms with Crippen molar-refractivity contribution in [2.75, 3.05) is 38.8 Å². The van der Waals surface area contributed by atoms with Crippen LogP contribution in [0.5, 0.6) is 11.8 Å². The number of nitrogens with one attached hydrogen (secondary N) is 1. The molecule has 1 aromatic heterocycles. The predicted octanol–water partition coefficient (Wildman–Crippen LogP) is 1.85. The molecular formula is C15H26N4O2. The van der Waals surface area contributed by atoms with Crippen LogP contribution in [0.2, 0.25) is 0 Å². The van der Waals surface area contributed by atoms with Gasteiger partial charge in [-0.1, -0.05) is 13.3 Å². The third-order valence-electron chi connectivity index (χ3n) is 3.72. The molecule has 1 unspecified atom stereocenters. The highest BCUT2D eigenvalue weighted by atomic mass is 16.5. The van der Waals surface area contributed by atoms with Crippen LogP contribution in [0.4, 0.5) is 5.95 Å². The van der Waals surface area contributed by atoms with Gasteiger partial charge < -0.3 is 19.7 Å². The minimum atomic E-state index is 0.506. The second-order valence-corrected chi connectivity index (χ2v) is 5.35. The van der Waals surface area contributed by atoms with E-state index in [4.69, 9.17) is 9.47 Å². The molecule has 1 fully saturated rings. The fourth-order valence-electron chi connectivity index (χ4n) is 2.63. The van der Waals surface area contributed by atoms with Crippen molar-refractivity contribution in [1.29, 1.82) is 0 Å². The van der Waals surface area contributed by atoms with Gasteiger partial charge in [-0.3, -0.25) is 0 Å². The predicted molar refractivity (Wildman–Crippen MR) is 83.3 cm³/mol. The van der Waals surface area contributed by atoms with E-state index < -0.39 is 0 Å². The summed E-state index contributed by atoms with van der Waals surface area (Å²) in [5, 5.41) is 3.58. The van der Waals surface area contributed by atoms with Gasteiger partial charge in [0.25, 0.3) is 0 Å². The molecule has 118 valence electrons. The largest absolute Gasteiger partial charge is 0.481 e. The maximum Gasteiger partial charge on any atom is 0.232 e. The fraction of sp³-hybridized carbons (Fsp3) is 0.733. The van der Waals surface area contributed by atoms with E-state index in [-0.39, 0.29) is 0 Å². The van der Waals surface area contributed by atoms with Crippen molar-refractivity contribution < 1.29 is 9.47 Å². The number of rotatable bonds is 7. The summed E-state index contributed by atoms with van der Waals surface area (Å²) in [6.07, 6.45) is 4.82. The molecule has 1 aliphatic heterocycles. The zero-order chi connectivity index (χ0) is 15.1. The summed E-state index contributed by atoms with van der Waals surface area (Å²) in [4.78, 5) is 11.2. The summed E-state index contributed by atoms with van der Waals surface area (Å²) in [7, 11) is 3.22. The number of hydrogen-bond donors (Lipinski definition) is 1. The van der Waals surface area contributed by atoms with E-state index in [1.165, 1.54) is 19.3 Å². The van der Waals surface area contributed by atoms with Crippen molar-refractivity contribution in [2.24, 2.45) is 0 Å². The fourth-order valence-corrected chi connectivity index (χ4v) is 2.63. The second-order valence-electron chi connectivity index (χ2n) is 5.35. The quantitative estimate of drug-likeness (QED) is 0.828. The molecule has 0 saturated carbocycles. The molecule has 1 N–H and O–H groups in total. The number of nitrogens with zero attached hydrogens (tertiary/aromatic N) is 3. The van der Waals surface area contributed by atoms with E-state index in [1.807, 2.05) is 0 Å². The number of methoxy groups -OCH3 is 2. The average Bonchev–Trinajstić information content (AvgIpc) is 2.55. The Hall–Kier alpha value is -1.56. The zero-order valence-electron chi connectivity index (χ0n) is 13.3. The molecule has 1 aliphatic rings. The van der Waals surface area contributed by atoms with Crippen LogP contribution in [-0.2, 0) is 0 Å². The molecule has 1 saturated heterocycles. The Morgan fingerprint density at radius 2 is 1.95 bits per heavy atom. The van der Waals surface area contributed by atoms with E-state index in [0.717, 1.165) is 26.1 Å². The number of aromatic nitrogens is 2. The second kappa shape index (κ2) is 8.02. The van der Waals surface area contributed by atoms with E-state index in [0.29, 0.717) is 23.8 Å². The molecule has 1 atom stereocenters. The Bertz CT molecular complexity index is 413. The molecule has 2 heterocycles. The van der Waals surface area contributed by atoms with Gasteiger partial charge in [-0.15, -0.1) is 0 Å². The number of ether oxygens (including phenoxy) is 2. The van der Waals surface area contributed by atoms with Gasteiger partial charge in [0.05, 0.1) is 20.3 Å². The van der Waals surface area contributed by atoms with E-state index >= 15 is 0 Å². The van der Waals surface area contributed by atoms with Crippen molar-refractivity contribution >= 4 is 5.95 Å². The minimum Gasteiger partial charge on any atom is -0.481 e. The minimum absolute atomic E-state index is 0.506. The zero-order valence-corrected chi connectivity index (χ0v) is 13.3. The Labute approximate surface area is 126 Å². The van der Waals surface area contributed by atoms with Gasteiger partial charge in [0, 0.05) is 19.1 Å². The molecule has 6 nitrogen and oxygen atoms in total. The number of piperidine rings is 1. The van der Waals surface area contributed by atoms with E-state index in [1.54, 1.807) is 20.3 Å². The van der Waals surface area contributed by atoms with Crippen molar-refractivity contribution in [3.8, 4) is 11.8 Å². The van der Waals surface area contributed by atoms with Crippen molar-refractivity contribution in [1.82, 2.24) is 15.3 Å². The van der Waals surface area contributed by atoms with Gasteiger partial charge in [0.1, 0.15) is 0 Å². The smallest absolute Gasteiger partial charge is 0.232 e. The lowest BCUT2D eigenvalue weighted by Gasteiger charge is -2.30. The summed E-state index contributed by atoms with van der Waals surface area (Å²) in [5.74, 6) is 1.75. The van der Waals surface area contributed by atoms with Crippen LogP contribution in [0.1, 0.15) is 32.6 Å². The molecular weight excluding hydrogens is 268 g/mol. The Morgan fingerprint density at radius 1 is 1.24 bits per heavy atom. The van der Waals surface area contributed by atoms with E-state index in [9.17, 15) is 0 Å². The third-order valence-corrected chi connectivity index (χ3v) is 3.72. The molecule has 0 bridgehead atoms. The monoisotopic (exact) mass is 294 g/mol. The SMILES string of the molecule is CCCN(CC1CCCCN1)c1nc(OC)cc(OC)n1. The van der Waals surface area contributed by atoms with Gasteiger partial charge in [0.15, 0.2) is 0 Å². The van der Waals surface area contributed by atoms with Crippen LogP contribution in [0.3, 0.4) is 0 Å². The van der Waals surface area contributed by atoms with Gasteiger partial charge in [-0.2, -0.15) is 9.97 Å². The first-order valence-corrected chi connectivity index (χ1v) is 7.72. The van der Waals surface area contributed by atoms with Gasteiger partial charge in [-0.05, 0) is 25.8 Å². The molecule has 0 radical (unpaired) electrons. The summed E-state index contributed by atoms with van der Waals surface area (Å²) < 4.78 is 10.5. The van der Waals surface area contributed by atoms with Crippen LogP contribution >= 0.6 is 0 Å². The number of anilines is 1. The highest BCUT2D eigenvalue weighted by Gasteiger charge is 2.19. The standard InChI is InChI=1S/C15H26N4O2/c1-4-9-19(11-12-7-5-6-8-16-12)15-17-13(20-2)10-14(18-15)21-3/h10,12,16H,4-9,11H2,1-3H3. The summed E-state index contributed by atoms with van der Waals surface area (Å²) in [6.45, 7) is 5.12. The average molecular weight is 294 g/mol. The van der Waals surface area contributed by atoms with E-state index in [2.05, 4.69) is 27.1 Å². The van der Waals surface area contributed by atoms with Crippen LogP contribution in [0.25, 0.3) is 0 Å². The first-order valence-electron chi connectivity index (χ1n) is 7.72. The normalized spacial score (nSPS) is 18.3. The molecule has 2 rings (SSSR count). The van der Waals surface area contributed by atoms with Crippen LogP contribution < -0.4 is 19.7 Å². The summed E-state index contributed by atoms with van der Waals surface area (Å²) in [5.41, 5.74) is 0. The maximum absolute atomic E-state index is 5.24. The molecule has 0 aromatic carbocycles. The molecule has 0 aliphatic carbocycles. The lowest BCUT2D eigenvalue weighted by Crippen LogP contribution is -2.44. The highest BCUT2D eigenvalue weighted by Crippen LogP contribution is 2.21. The van der Waals surface area contributed by atoms with Crippen LogP contribution in [-0.4, -0.2) is 49.9 Å².